The number of nitrogens with one attached hydrogen (secondary N) is 1. The van der Waals surface area contributed by atoms with Crippen LogP contribution in [-0.2, 0) is 0 Å². The molecule has 0 atom stereocenters. The van der Waals surface area contributed by atoms with E-state index in [1.807, 2.05) is 0 Å². The first-order chi connectivity index (χ1) is 11.7. The quantitative estimate of drug-likeness (QED) is 0.637. The maximum Gasteiger partial charge on any atom is 0.193 e. The number of fused-ring (bicyclic) bond motifs is 1. The molecule has 0 saturated heterocycles. The Labute approximate surface area is 143 Å². The highest BCUT2D eigenvalue weighted by Crippen LogP contribution is 2.54. The van der Waals surface area contributed by atoms with Crippen LogP contribution >= 0.6 is 0 Å². The molecule has 3 N–H and O–H groups in total. The molecule has 4 aliphatic carbocycles. The van der Waals surface area contributed by atoms with Crippen LogP contribution in [-0.4, -0.2) is 12.0 Å². The fraction of sp³-hybridized carbons (Fsp3) is 0.476. The lowest BCUT2D eigenvalue weighted by Gasteiger charge is -2.53. The summed E-state index contributed by atoms with van der Waals surface area (Å²) in [5.41, 5.74) is 7.30. The van der Waals surface area contributed by atoms with Gasteiger partial charge in [0, 0.05) is 5.69 Å². The topological polar surface area (TPSA) is 50.4 Å². The van der Waals surface area contributed by atoms with E-state index in [1.165, 1.54) is 42.9 Å². The zero-order valence-corrected chi connectivity index (χ0v) is 14.0. The molecular weight excluding hydrogens is 294 g/mol. The SMILES string of the molecule is NC(=NC1C2CC3CC(C2)CC1C3)Nc1ccc2ccccc2c1. The van der Waals surface area contributed by atoms with E-state index >= 15 is 0 Å². The largest absolute Gasteiger partial charge is 0.370 e. The van der Waals surface area contributed by atoms with Gasteiger partial charge in [-0.2, -0.15) is 0 Å². The third-order valence-electron chi connectivity index (χ3n) is 6.49. The Hall–Kier alpha value is -2.03. The van der Waals surface area contributed by atoms with Crippen molar-refractivity contribution in [2.45, 2.75) is 38.1 Å². The van der Waals surface area contributed by atoms with Gasteiger partial charge in [-0.3, -0.25) is 0 Å². The molecule has 24 heavy (non-hydrogen) atoms. The Balaban J connectivity index is 1.35. The summed E-state index contributed by atoms with van der Waals surface area (Å²) < 4.78 is 0. The van der Waals surface area contributed by atoms with Gasteiger partial charge >= 0.3 is 0 Å². The van der Waals surface area contributed by atoms with Gasteiger partial charge in [0.25, 0.3) is 0 Å². The molecule has 3 nitrogen and oxygen atoms in total. The van der Waals surface area contributed by atoms with Gasteiger partial charge in [-0.05, 0) is 78.7 Å². The molecule has 2 aromatic carbocycles. The van der Waals surface area contributed by atoms with E-state index in [1.54, 1.807) is 0 Å². The van der Waals surface area contributed by atoms with Crippen molar-refractivity contribution in [3.8, 4) is 0 Å². The van der Waals surface area contributed by atoms with Crippen molar-refractivity contribution in [1.82, 2.24) is 0 Å². The lowest BCUT2D eigenvalue weighted by Crippen LogP contribution is -2.48. The summed E-state index contributed by atoms with van der Waals surface area (Å²) in [7, 11) is 0. The molecule has 4 aliphatic rings. The van der Waals surface area contributed by atoms with Crippen LogP contribution in [0.3, 0.4) is 0 Å². The van der Waals surface area contributed by atoms with Crippen molar-refractivity contribution in [2.24, 2.45) is 34.4 Å². The fourth-order valence-corrected chi connectivity index (χ4v) is 5.72. The molecule has 0 aromatic heterocycles. The van der Waals surface area contributed by atoms with Gasteiger partial charge in [0.05, 0.1) is 6.04 Å². The van der Waals surface area contributed by atoms with Gasteiger partial charge in [0.2, 0.25) is 0 Å². The third kappa shape index (κ3) is 2.47. The summed E-state index contributed by atoms with van der Waals surface area (Å²) in [6.07, 6.45) is 7.00. The molecule has 6 rings (SSSR count). The number of benzene rings is 2. The lowest BCUT2D eigenvalue weighted by molar-refractivity contribution is 0.00124. The highest BCUT2D eigenvalue weighted by Gasteiger charge is 2.48. The lowest BCUT2D eigenvalue weighted by atomic mass is 9.54. The number of anilines is 1. The van der Waals surface area contributed by atoms with Crippen molar-refractivity contribution in [1.29, 1.82) is 0 Å². The molecule has 4 saturated carbocycles. The first kappa shape index (κ1) is 14.3. The van der Waals surface area contributed by atoms with Crippen LogP contribution in [0.15, 0.2) is 47.5 Å². The van der Waals surface area contributed by atoms with Crippen LogP contribution in [0.5, 0.6) is 0 Å². The molecule has 0 spiro atoms. The van der Waals surface area contributed by atoms with Gasteiger partial charge < -0.3 is 11.1 Å². The number of nitrogens with two attached hydrogens (primary N) is 1. The Morgan fingerprint density at radius 1 is 0.875 bits per heavy atom. The molecule has 3 heteroatoms. The second-order valence-corrected chi connectivity index (χ2v) is 8.12. The minimum absolute atomic E-state index is 0.450. The number of nitrogens with zero attached hydrogens (tertiary/aromatic N) is 1. The maximum atomic E-state index is 6.27. The minimum Gasteiger partial charge on any atom is -0.370 e. The zero-order valence-electron chi connectivity index (χ0n) is 14.0. The van der Waals surface area contributed by atoms with Gasteiger partial charge in [-0.15, -0.1) is 0 Å². The van der Waals surface area contributed by atoms with Crippen LogP contribution in [0.25, 0.3) is 10.8 Å². The van der Waals surface area contributed by atoms with Gasteiger partial charge in [0.1, 0.15) is 0 Å². The third-order valence-corrected chi connectivity index (χ3v) is 6.49. The highest BCUT2D eigenvalue weighted by atomic mass is 15.1. The van der Waals surface area contributed by atoms with E-state index in [4.69, 9.17) is 10.7 Å². The summed E-state index contributed by atoms with van der Waals surface area (Å²) in [4.78, 5) is 4.93. The number of guanidine groups is 1. The first-order valence-electron chi connectivity index (χ1n) is 9.34. The Morgan fingerprint density at radius 2 is 1.54 bits per heavy atom. The first-order valence-corrected chi connectivity index (χ1v) is 9.34. The molecule has 0 heterocycles. The van der Waals surface area contributed by atoms with Crippen LogP contribution in [0, 0.1) is 23.7 Å². The van der Waals surface area contributed by atoms with E-state index < -0.39 is 0 Å². The highest BCUT2D eigenvalue weighted by molar-refractivity contribution is 5.95. The minimum atomic E-state index is 0.450. The number of aliphatic imine (C=N–C) groups is 1. The molecule has 0 unspecified atom stereocenters. The number of hydrogen-bond donors (Lipinski definition) is 2. The number of hydrogen-bond acceptors (Lipinski definition) is 1. The predicted octanol–water partition coefficient (Wildman–Crippen LogP) is 4.39. The maximum absolute atomic E-state index is 6.27. The smallest absolute Gasteiger partial charge is 0.193 e. The van der Waals surface area contributed by atoms with Gasteiger partial charge in [-0.25, -0.2) is 4.99 Å². The second-order valence-electron chi connectivity index (χ2n) is 8.12. The standard InChI is InChI=1S/C21H25N3/c22-21(23-19-6-5-15-3-1-2-4-16(15)12-19)24-20-17-8-13-7-14(10-17)11-18(20)9-13/h1-6,12-14,17-18,20H,7-11H2,(H3,22,23,24). The zero-order chi connectivity index (χ0) is 16.1. The summed E-state index contributed by atoms with van der Waals surface area (Å²) in [6, 6.07) is 15.2. The van der Waals surface area contributed by atoms with Crippen LogP contribution in [0.2, 0.25) is 0 Å². The molecule has 0 amide bonds. The number of rotatable bonds is 2. The van der Waals surface area contributed by atoms with Crippen LogP contribution < -0.4 is 11.1 Å². The summed E-state index contributed by atoms with van der Waals surface area (Å²) in [5, 5.41) is 5.80. The Kier molecular flexibility index (Phi) is 3.29. The molecule has 4 bridgehead atoms. The van der Waals surface area contributed by atoms with Gasteiger partial charge in [-0.1, -0.05) is 30.3 Å². The Bertz CT molecular complexity index is 767. The monoisotopic (exact) mass is 319 g/mol. The van der Waals surface area contributed by atoms with Crippen molar-refractivity contribution < 1.29 is 0 Å². The molecule has 4 fully saturated rings. The van der Waals surface area contributed by atoms with Crippen molar-refractivity contribution >= 4 is 22.4 Å². The summed E-state index contributed by atoms with van der Waals surface area (Å²) in [5.74, 6) is 4.10. The van der Waals surface area contributed by atoms with Crippen molar-refractivity contribution in [2.75, 3.05) is 5.32 Å². The molecule has 124 valence electrons. The average molecular weight is 319 g/mol. The van der Waals surface area contributed by atoms with Gasteiger partial charge in [0.15, 0.2) is 5.96 Å². The summed E-state index contributed by atoms with van der Waals surface area (Å²) >= 11 is 0. The second kappa shape index (κ2) is 5.51. The van der Waals surface area contributed by atoms with E-state index in [9.17, 15) is 0 Å². The average Bonchev–Trinajstić information content (AvgIpc) is 2.57. The van der Waals surface area contributed by atoms with Crippen LogP contribution in [0.4, 0.5) is 5.69 Å². The normalized spacial score (nSPS) is 34.7. The fourth-order valence-electron chi connectivity index (χ4n) is 5.72. The van der Waals surface area contributed by atoms with Crippen molar-refractivity contribution in [3.05, 3.63) is 42.5 Å². The van der Waals surface area contributed by atoms with Crippen LogP contribution in [0.1, 0.15) is 32.1 Å². The van der Waals surface area contributed by atoms with E-state index in [0.29, 0.717) is 12.0 Å². The van der Waals surface area contributed by atoms with E-state index in [2.05, 4.69) is 47.8 Å². The molecule has 0 radical (unpaired) electrons. The Morgan fingerprint density at radius 3 is 2.25 bits per heavy atom. The van der Waals surface area contributed by atoms with E-state index in [0.717, 1.165) is 29.4 Å². The molecular formula is C21H25N3. The van der Waals surface area contributed by atoms with Crippen molar-refractivity contribution in [3.63, 3.8) is 0 Å². The summed E-state index contributed by atoms with van der Waals surface area (Å²) in [6.45, 7) is 0. The van der Waals surface area contributed by atoms with E-state index in [-0.39, 0.29) is 0 Å². The predicted molar refractivity (Wildman–Crippen MR) is 100 cm³/mol. The molecule has 2 aromatic rings. The molecule has 0 aliphatic heterocycles.